The summed E-state index contributed by atoms with van der Waals surface area (Å²) >= 11 is 0. The van der Waals surface area contributed by atoms with E-state index in [9.17, 15) is 27.2 Å². The van der Waals surface area contributed by atoms with Crippen molar-refractivity contribution in [3.05, 3.63) is 35.1 Å². The average molecular weight is 360 g/mol. The zero-order valence-electron chi connectivity index (χ0n) is 13.8. The summed E-state index contributed by atoms with van der Waals surface area (Å²) in [6.45, 7) is 0. The molecule has 1 saturated carbocycles. The lowest BCUT2D eigenvalue weighted by atomic mass is 9.86. The number of benzene rings is 1. The number of nitrogens with one attached hydrogen (secondary N) is 2. The Labute approximate surface area is 143 Å². The van der Waals surface area contributed by atoms with Gasteiger partial charge in [-0.05, 0) is 30.0 Å². The van der Waals surface area contributed by atoms with Gasteiger partial charge >= 0.3 is 12.2 Å². The summed E-state index contributed by atoms with van der Waals surface area (Å²) in [5.41, 5.74) is -1.35. The Morgan fingerprint density at radius 3 is 2.44 bits per heavy atom. The Bertz CT molecular complexity index is 640. The minimum absolute atomic E-state index is 0.0574. The molecular formula is C17H20F4N2O2. The van der Waals surface area contributed by atoms with Gasteiger partial charge in [0.2, 0.25) is 5.91 Å². The third-order valence-electron chi connectivity index (χ3n) is 4.52. The van der Waals surface area contributed by atoms with E-state index in [4.69, 9.17) is 0 Å². The molecule has 4 nitrogen and oxygen atoms in total. The highest BCUT2D eigenvalue weighted by Crippen LogP contribution is 2.37. The lowest BCUT2D eigenvalue weighted by Crippen LogP contribution is -2.40. The predicted octanol–water partition coefficient (Wildman–Crippen LogP) is 3.96. The van der Waals surface area contributed by atoms with Gasteiger partial charge in [0.15, 0.2) is 0 Å². The molecule has 25 heavy (non-hydrogen) atoms. The zero-order chi connectivity index (χ0) is 18.6. The standard InChI is InChI=1S/C17H20F4N2O2/c1-22-16(25)23-15(24)12(8-10-4-2-3-5-10)11-6-7-14(18)13(9-11)17(19,20)21/h6-7,9-10,12H,2-5,8H2,1H3,(H2,22,23,24,25). The van der Waals surface area contributed by atoms with E-state index in [-0.39, 0.29) is 11.5 Å². The van der Waals surface area contributed by atoms with Crippen molar-refractivity contribution in [2.45, 2.75) is 44.2 Å². The number of halogens is 4. The number of rotatable bonds is 4. The van der Waals surface area contributed by atoms with Gasteiger partial charge in [0.05, 0.1) is 11.5 Å². The van der Waals surface area contributed by atoms with Gasteiger partial charge in [0.1, 0.15) is 5.82 Å². The van der Waals surface area contributed by atoms with E-state index in [2.05, 4.69) is 10.6 Å². The first-order chi connectivity index (χ1) is 11.7. The molecule has 2 rings (SSSR count). The number of hydrogen-bond donors (Lipinski definition) is 2. The first kappa shape index (κ1) is 19.2. The summed E-state index contributed by atoms with van der Waals surface area (Å²) in [7, 11) is 1.33. The van der Waals surface area contributed by atoms with E-state index in [0.717, 1.165) is 25.7 Å². The van der Waals surface area contributed by atoms with Crippen LogP contribution in [0.2, 0.25) is 0 Å². The molecule has 1 aromatic rings. The summed E-state index contributed by atoms with van der Waals surface area (Å²) in [5.74, 6) is -2.82. The highest BCUT2D eigenvalue weighted by molar-refractivity contribution is 5.97. The van der Waals surface area contributed by atoms with Crippen LogP contribution in [-0.2, 0) is 11.0 Å². The molecular weight excluding hydrogens is 340 g/mol. The molecule has 0 radical (unpaired) electrons. The number of amides is 3. The first-order valence-corrected chi connectivity index (χ1v) is 8.11. The minimum Gasteiger partial charge on any atom is -0.341 e. The number of carbonyl (C=O) groups excluding carboxylic acids is 2. The highest BCUT2D eigenvalue weighted by Gasteiger charge is 2.36. The topological polar surface area (TPSA) is 58.2 Å². The summed E-state index contributed by atoms with van der Waals surface area (Å²) in [4.78, 5) is 23.8. The SMILES string of the molecule is CNC(=O)NC(=O)C(CC1CCCC1)c1ccc(F)c(C(F)(F)F)c1. The molecule has 0 aliphatic heterocycles. The maximum absolute atomic E-state index is 13.5. The van der Waals surface area contributed by atoms with E-state index in [1.165, 1.54) is 13.1 Å². The lowest BCUT2D eigenvalue weighted by Gasteiger charge is -2.21. The largest absolute Gasteiger partial charge is 0.419 e. The molecule has 0 heterocycles. The van der Waals surface area contributed by atoms with E-state index in [0.29, 0.717) is 18.6 Å². The number of imide groups is 1. The molecule has 1 aliphatic carbocycles. The Balaban J connectivity index is 2.33. The van der Waals surface area contributed by atoms with Crippen LogP contribution in [-0.4, -0.2) is 19.0 Å². The number of alkyl halides is 3. The normalized spacial score (nSPS) is 16.5. The van der Waals surface area contributed by atoms with Crippen LogP contribution in [0.1, 0.15) is 49.1 Å². The molecule has 1 aliphatic rings. The Morgan fingerprint density at radius 2 is 1.88 bits per heavy atom. The molecule has 3 amide bonds. The smallest absolute Gasteiger partial charge is 0.341 e. The zero-order valence-corrected chi connectivity index (χ0v) is 13.8. The fourth-order valence-electron chi connectivity index (χ4n) is 3.21. The van der Waals surface area contributed by atoms with Crippen molar-refractivity contribution in [3.8, 4) is 0 Å². The fourth-order valence-corrected chi connectivity index (χ4v) is 3.21. The average Bonchev–Trinajstić information content (AvgIpc) is 3.05. The monoisotopic (exact) mass is 360 g/mol. The van der Waals surface area contributed by atoms with Gasteiger partial charge in [-0.2, -0.15) is 13.2 Å². The molecule has 0 saturated heterocycles. The van der Waals surface area contributed by atoms with Crippen molar-refractivity contribution in [1.82, 2.24) is 10.6 Å². The molecule has 0 spiro atoms. The second-order valence-corrected chi connectivity index (χ2v) is 6.24. The third-order valence-corrected chi connectivity index (χ3v) is 4.52. The molecule has 1 aromatic carbocycles. The summed E-state index contributed by atoms with van der Waals surface area (Å²) in [6.07, 6.45) is -0.744. The van der Waals surface area contributed by atoms with Gasteiger partial charge in [0, 0.05) is 7.05 Å². The summed E-state index contributed by atoms with van der Waals surface area (Å²) in [5, 5.41) is 4.34. The summed E-state index contributed by atoms with van der Waals surface area (Å²) in [6, 6.07) is 1.82. The van der Waals surface area contributed by atoms with Crippen molar-refractivity contribution < 1.29 is 27.2 Å². The Morgan fingerprint density at radius 1 is 1.24 bits per heavy atom. The first-order valence-electron chi connectivity index (χ1n) is 8.11. The van der Waals surface area contributed by atoms with Crippen molar-refractivity contribution in [2.75, 3.05) is 7.05 Å². The minimum atomic E-state index is -4.85. The van der Waals surface area contributed by atoms with Crippen molar-refractivity contribution in [3.63, 3.8) is 0 Å². The van der Waals surface area contributed by atoms with Gasteiger partial charge in [0.25, 0.3) is 0 Å². The van der Waals surface area contributed by atoms with Gasteiger partial charge < -0.3 is 5.32 Å². The third kappa shape index (κ3) is 4.93. The maximum atomic E-state index is 13.5. The Hall–Kier alpha value is -2.12. The number of carbonyl (C=O) groups is 2. The molecule has 0 aromatic heterocycles. The molecule has 1 fully saturated rings. The van der Waals surface area contributed by atoms with E-state index >= 15 is 0 Å². The van der Waals surface area contributed by atoms with Gasteiger partial charge in [-0.3, -0.25) is 10.1 Å². The van der Waals surface area contributed by atoms with E-state index in [1.807, 2.05) is 0 Å². The van der Waals surface area contributed by atoms with Crippen LogP contribution < -0.4 is 10.6 Å². The van der Waals surface area contributed by atoms with Crippen LogP contribution in [0.25, 0.3) is 0 Å². The summed E-state index contributed by atoms with van der Waals surface area (Å²) < 4.78 is 52.4. The van der Waals surface area contributed by atoms with Gasteiger partial charge in [-0.25, -0.2) is 9.18 Å². The van der Waals surface area contributed by atoms with Gasteiger partial charge in [-0.15, -0.1) is 0 Å². The molecule has 138 valence electrons. The van der Waals surface area contributed by atoms with Crippen LogP contribution in [0.15, 0.2) is 18.2 Å². The molecule has 8 heteroatoms. The second-order valence-electron chi connectivity index (χ2n) is 6.24. The second kappa shape index (κ2) is 7.84. The van der Waals surface area contributed by atoms with Gasteiger partial charge in [-0.1, -0.05) is 31.7 Å². The van der Waals surface area contributed by atoms with Crippen LogP contribution in [0, 0.1) is 11.7 Å². The molecule has 0 bridgehead atoms. The number of hydrogen-bond acceptors (Lipinski definition) is 2. The van der Waals surface area contributed by atoms with Crippen molar-refractivity contribution in [2.24, 2.45) is 5.92 Å². The van der Waals surface area contributed by atoms with E-state index < -0.39 is 35.4 Å². The number of urea groups is 1. The predicted molar refractivity (Wildman–Crippen MR) is 83.3 cm³/mol. The molecule has 1 unspecified atom stereocenters. The fraction of sp³-hybridized carbons (Fsp3) is 0.529. The molecule has 1 atom stereocenters. The lowest BCUT2D eigenvalue weighted by molar-refractivity contribution is -0.140. The quantitative estimate of drug-likeness (QED) is 0.799. The van der Waals surface area contributed by atoms with Crippen LogP contribution in [0.3, 0.4) is 0 Å². The van der Waals surface area contributed by atoms with Crippen LogP contribution >= 0.6 is 0 Å². The van der Waals surface area contributed by atoms with Crippen molar-refractivity contribution in [1.29, 1.82) is 0 Å². The maximum Gasteiger partial charge on any atom is 0.419 e. The Kier molecular flexibility index (Phi) is 6.02. The molecule has 2 N–H and O–H groups in total. The van der Waals surface area contributed by atoms with Crippen molar-refractivity contribution >= 4 is 11.9 Å². The van der Waals surface area contributed by atoms with Crippen LogP contribution in [0.4, 0.5) is 22.4 Å². The van der Waals surface area contributed by atoms with Crippen LogP contribution in [0.5, 0.6) is 0 Å². The van der Waals surface area contributed by atoms with E-state index in [1.54, 1.807) is 0 Å². The highest BCUT2D eigenvalue weighted by atomic mass is 19.4.